The molecule has 1 atom stereocenters. The lowest BCUT2D eigenvalue weighted by molar-refractivity contribution is -0.890. The van der Waals surface area contributed by atoms with E-state index in [1.165, 1.54) is 19.2 Å². The van der Waals surface area contributed by atoms with Gasteiger partial charge < -0.3 is 14.7 Å². The Labute approximate surface area is 135 Å². The molecule has 0 saturated heterocycles. The van der Waals surface area contributed by atoms with Gasteiger partial charge in [-0.05, 0) is 24.3 Å². The zero-order valence-corrected chi connectivity index (χ0v) is 13.6. The van der Waals surface area contributed by atoms with Crippen LogP contribution in [0.3, 0.4) is 0 Å². The van der Waals surface area contributed by atoms with Crippen LogP contribution in [0, 0.1) is 5.82 Å². The number of benzene rings is 2. The standard InChI is InChI=1S/C18H21FN2O2/c1-21(2)16(13-6-4-8-15(19)10-13)12-20-11-14-7-5-9-17(23-3)18(14)22/h4-11,16,22H,12H2,1-3H3/p+1/t16-/m1/s1. The van der Waals surface area contributed by atoms with E-state index in [9.17, 15) is 9.50 Å². The number of nitrogens with zero attached hydrogens (tertiary/aromatic N) is 1. The van der Waals surface area contributed by atoms with Gasteiger partial charge >= 0.3 is 0 Å². The predicted molar refractivity (Wildman–Crippen MR) is 89.1 cm³/mol. The van der Waals surface area contributed by atoms with Crippen molar-refractivity contribution >= 4 is 6.21 Å². The monoisotopic (exact) mass is 317 g/mol. The minimum atomic E-state index is -0.247. The fourth-order valence-corrected chi connectivity index (χ4v) is 2.41. The zero-order chi connectivity index (χ0) is 16.8. The molecule has 2 rings (SSSR count). The first kappa shape index (κ1) is 17.0. The summed E-state index contributed by atoms with van der Waals surface area (Å²) in [6.45, 7) is 0.489. The lowest BCUT2D eigenvalue weighted by Gasteiger charge is -2.20. The number of aliphatic imine (C=N–C) groups is 1. The highest BCUT2D eigenvalue weighted by molar-refractivity contribution is 5.84. The van der Waals surface area contributed by atoms with Crippen molar-refractivity contribution in [3.63, 3.8) is 0 Å². The second-order valence-electron chi connectivity index (χ2n) is 5.58. The summed E-state index contributed by atoms with van der Waals surface area (Å²) >= 11 is 0. The third-order valence-corrected chi connectivity index (χ3v) is 3.72. The second kappa shape index (κ2) is 7.74. The van der Waals surface area contributed by atoms with E-state index in [1.54, 1.807) is 30.5 Å². The molecule has 0 spiro atoms. The maximum Gasteiger partial charge on any atom is 0.166 e. The summed E-state index contributed by atoms with van der Waals surface area (Å²) in [5, 5.41) is 10.0. The maximum absolute atomic E-state index is 13.4. The number of methoxy groups -OCH3 is 1. The number of ether oxygens (including phenoxy) is 1. The Balaban J connectivity index is 2.16. The lowest BCUT2D eigenvalue weighted by Crippen LogP contribution is -3.06. The molecule has 5 heteroatoms. The smallest absolute Gasteiger partial charge is 0.166 e. The van der Waals surface area contributed by atoms with Crippen LogP contribution in [0.2, 0.25) is 0 Å². The Kier molecular flexibility index (Phi) is 5.71. The van der Waals surface area contributed by atoms with E-state index >= 15 is 0 Å². The first-order chi connectivity index (χ1) is 11.0. The average Bonchev–Trinajstić information content (AvgIpc) is 2.52. The molecule has 4 nitrogen and oxygen atoms in total. The Morgan fingerprint density at radius 2 is 2.00 bits per heavy atom. The molecule has 0 fully saturated rings. The summed E-state index contributed by atoms with van der Waals surface area (Å²) in [6, 6.07) is 11.9. The molecule has 2 N–H and O–H groups in total. The number of nitrogens with one attached hydrogen (secondary N) is 1. The zero-order valence-electron chi connectivity index (χ0n) is 13.6. The average molecular weight is 317 g/mol. The van der Waals surface area contributed by atoms with Gasteiger partial charge in [-0.2, -0.15) is 0 Å². The van der Waals surface area contributed by atoms with Crippen LogP contribution in [0.4, 0.5) is 4.39 Å². The molecule has 0 aromatic heterocycles. The summed E-state index contributed by atoms with van der Waals surface area (Å²) in [5.74, 6) is 0.232. The van der Waals surface area contributed by atoms with Crippen molar-refractivity contribution < 1.29 is 19.1 Å². The van der Waals surface area contributed by atoms with Crippen LogP contribution in [-0.4, -0.2) is 39.1 Å². The first-order valence-electron chi connectivity index (χ1n) is 7.44. The Morgan fingerprint density at radius 3 is 2.65 bits per heavy atom. The van der Waals surface area contributed by atoms with Gasteiger partial charge in [0.2, 0.25) is 0 Å². The highest BCUT2D eigenvalue weighted by atomic mass is 19.1. The van der Waals surface area contributed by atoms with Crippen molar-refractivity contribution in [1.29, 1.82) is 0 Å². The van der Waals surface area contributed by atoms with E-state index in [0.29, 0.717) is 17.9 Å². The number of likely N-dealkylation sites (N-methyl/N-ethyl adjacent to an activating group) is 1. The maximum atomic E-state index is 13.4. The Hall–Kier alpha value is -2.40. The van der Waals surface area contributed by atoms with Crippen molar-refractivity contribution in [3.8, 4) is 11.5 Å². The molecule has 122 valence electrons. The molecule has 0 aliphatic rings. The first-order valence-corrected chi connectivity index (χ1v) is 7.44. The number of rotatable bonds is 6. The summed E-state index contributed by atoms with van der Waals surface area (Å²) < 4.78 is 18.5. The normalized spacial score (nSPS) is 12.7. The second-order valence-corrected chi connectivity index (χ2v) is 5.58. The number of hydrogen-bond acceptors (Lipinski definition) is 3. The molecule has 0 amide bonds. The summed E-state index contributed by atoms with van der Waals surface area (Å²) in [4.78, 5) is 5.58. The summed E-state index contributed by atoms with van der Waals surface area (Å²) in [6.07, 6.45) is 1.62. The number of para-hydroxylation sites is 1. The predicted octanol–water partition coefficient (Wildman–Crippen LogP) is 1.84. The molecule has 23 heavy (non-hydrogen) atoms. The number of halogens is 1. The third-order valence-electron chi connectivity index (χ3n) is 3.72. The van der Waals surface area contributed by atoms with Crippen LogP contribution < -0.4 is 9.64 Å². The van der Waals surface area contributed by atoms with Crippen molar-refractivity contribution in [2.45, 2.75) is 6.04 Å². The van der Waals surface area contributed by atoms with Crippen LogP contribution in [0.5, 0.6) is 11.5 Å². The Morgan fingerprint density at radius 1 is 1.26 bits per heavy atom. The molecular weight excluding hydrogens is 295 g/mol. The largest absolute Gasteiger partial charge is 0.504 e. The van der Waals surface area contributed by atoms with E-state index in [0.717, 1.165) is 10.5 Å². The minimum absolute atomic E-state index is 0.0368. The summed E-state index contributed by atoms with van der Waals surface area (Å²) in [5.41, 5.74) is 1.49. The topological polar surface area (TPSA) is 46.3 Å². The highest BCUT2D eigenvalue weighted by Crippen LogP contribution is 2.28. The fourth-order valence-electron chi connectivity index (χ4n) is 2.41. The van der Waals surface area contributed by atoms with Gasteiger partial charge in [-0.15, -0.1) is 0 Å². The van der Waals surface area contributed by atoms with Crippen LogP contribution in [0.15, 0.2) is 47.5 Å². The molecule has 2 aromatic carbocycles. The van der Waals surface area contributed by atoms with Gasteiger partial charge in [0.1, 0.15) is 11.9 Å². The van der Waals surface area contributed by atoms with Gasteiger partial charge in [0, 0.05) is 17.3 Å². The quantitative estimate of drug-likeness (QED) is 0.799. The SMILES string of the molecule is COc1cccc(C=NC[C@H](c2cccc(F)c2)[NH+](C)C)c1O. The molecule has 2 aromatic rings. The molecule has 0 saturated carbocycles. The third kappa shape index (κ3) is 4.29. The number of aromatic hydroxyl groups is 1. The van der Waals surface area contributed by atoms with Gasteiger partial charge in [-0.1, -0.05) is 18.2 Å². The van der Waals surface area contributed by atoms with E-state index < -0.39 is 0 Å². The van der Waals surface area contributed by atoms with Crippen LogP contribution in [-0.2, 0) is 0 Å². The highest BCUT2D eigenvalue weighted by Gasteiger charge is 2.17. The number of phenols is 1. The molecule has 0 heterocycles. The molecule has 0 unspecified atom stereocenters. The number of hydrogen-bond donors (Lipinski definition) is 2. The molecule has 0 aliphatic carbocycles. The van der Waals surface area contributed by atoms with E-state index in [2.05, 4.69) is 4.99 Å². The van der Waals surface area contributed by atoms with Crippen molar-refractivity contribution in [1.82, 2.24) is 0 Å². The lowest BCUT2D eigenvalue weighted by atomic mass is 10.1. The number of phenolic OH excluding ortho intramolecular Hbond substituents is 1. The number of quaternary nitrogens is 1. The van der Waals surface area contributed by atoms with E-state index in [1.807, 2.05) is 20.2 Å². The van der Waals surface area contributed by atoms with Crippen LogP contribution in [0.25, 0.3) is 0 Å². The van der Waals surface area contributed by atoms with Gasteiger partial charge in [0.05, 0.1) is 27.7 Å². The van der Waals surface area contributed by atoms with Crippen molar-refractivity contribution in [2.75, 3.05) is 27.7 Å². The molecule has 0 aliphatic heterocycles. The molecule has 0 bridgehead atoms. The van der Waals surface area contributed by atoms with E-state index in [4.69, 9.17) is 4.74 Å². The molecule has 0 radical (unpaired) electrons. The fraction of sp³-hybridized carbons (Fsp3) is 0.278. The van der Waals surface area contributed by atoms with Crippen LogP contribution in [0.1, 0.15) is 17.2 Å². The minimum Gasteiger partial charge on any atom is -0.504 e. The Bertz CT molecular complexity index is 686. The van der Waals surface area contributed by atoms with Gasteiger partial charge in [-0.25, -0.2) is 4.39 Å². The van der Waals surface area contributed by atoms with Crippen molar-refractivity contribution in [3.05, 3.63) is 59.4 Å². The van der Waals surface area contributed by atoms with Crippen molar-refractivity contribution in [2.24, 2.45) is 4.99 Å². The van der Waals surface area contributed by atoms with Gasteiger partial charge in [0.25, 0.3) is 0 Å². The van der Waals surface area contributed by atoms with Crippen LogP contribution >= 0.6 is 0 Å². The van der Waals surface area contributed by atoms with Gasteiger partial charge in [0.15, 0.2) is 11.5 Å². The summed E-state index contributed by atoms with van der Waals surface area (Å²) in [7, 11) is 5.52. The molecular formula is C18H22FN2O2+. The van der Waals surface area contributed by atoms with E-state index in [-0.39, 0.29) is 17.6 Å². The van der Waals surface area contributed by atoms with Gasteiger partial charge in [-0.3, -0.25) is 4.99 Å².